The minimum atomic E-state index is -0.223. The van der Waals surface area contributed by atoms with Gasteiger partial charge in [0.05, 0.1) is 13.2 Å². The third-order valence-corrected chi connectivity index (χ3v) is 3.28. The molecular formula is C14H19NO3. The standard InChI is InChI=1S/C14H19NO3/c16-10-13-7-4-8-15(13)9-14(17)18-11-12-5-2-1-3-6-12/h1-3,5-6,13,16H,4,7-11H2. The highest BCUT2D eigenvalue weighted by atomic mass is 16.5. The van der Waals surface area contributed by atoms with Crippen molar-refractivity contribution in [2.45, 2.75) is 25.5 Å². The van der Waals surface area contributed by atoms with Crippen molar-refractivity contribution in [2.24, 2.45) is 0 Å². The molecule has 0 aliphatic carbocycles. The van der Waals surface area contributed by atoms with Crippen molar-refractivity contribution in [1.29, 1.82) is 0 Å². The number of ether oxygens (including phenoxy) is 1. The number of esters is 1. The SMILES string of the molecule is O=C(CN1CCCC1CO)OCc1ccccc1. The summed E-state index contributed by atoms with van der Waals surface area (Å²) in [6.07, 6.45) is 2.00. The number of hydrogen-bond acceptors (Lipinski definition) is 4. The van der Waals surface area contributed by atoms with E-state index in [4.69, 9.17) is 9.84 Å². The summed E-state index contributed by atoms with van der Waals surface area (Å²) in [6.45, 7) is 1.58. The van der Waals surface area contributed by atoms with E-state index in [2.05, 4.69) is 0 Å². The van der Waals surface area contributed by atoms with Crippen molar-refractivity contribution in [1.82, 2.24) is 4.90 Å². The molecule has 18 heavy (non-hydrogen) atoms. The predicted octanol–water partition coefficient (Wildman–Crippen LogP) is 1.19. The van der Waals surface area contributed by atoms with Crippen LogP contribution in [0.4, 0.5) is 0 Å². The van der Waals surface area contributed by atoms with Gasteiger partial charge in [-0.05, 0) is 24.9 Å². The number of carbonyl (C=O) groups excluding carboxylic acids is 1. The summed E-state index contributed by atoms with van der Waals surface area (Å²) in [5.74, 6) is -0.223. The Balaban J connectivity index is 1.75. The lowest BCUT2D eigenvalue weighted by atomic mass is 10.2. The smallest absolute Gasteiger partial charge is 0.320 e. The topological polar surface area (TPSA) is 49.8 Å². The minimum absolute atomic E-state index is 0.117. The number of aliphatic hydroxyl groups is 1. The predicted molar refractivity (Wildman–Crippen MR) is 67.9 cm³/mol. The highest BCUT2D eigenvalue weighted by molar-refractivity contribution is 5.71. The maximum absolute atomic E-state index is 11.7. The van der Waals surface area contributed by atoms with Gasteiger partial charge in [0.1, 0.15) is 6.61 Å². The van der Waals surface area contributed by atoms with Gasteiger partial charge in [-0.2, -0.15) is 0 Å². The molecule has 1 N–H and O–H groups in total. The first-order valence-electron chi connectivity index (χ1n) is 6.34. The van der Waals surface area contributed by atoms with E-state index in [1.54, 1.807) is 0 Å². The number of likely N-dealkylation sites (tertiary alicyclic amines) is 1. The highest BCUT2D eigenvalue weighted by Crippen LogP contribution is 2.16. The van der Waals surface area contributed by atoms with Crippen molar-refractivity contribution in [3.63, 3.8) is 0 Å². The Labute approximate surface area is 107 Å². The zero-order valence-electron chi connectivity index (χ0n) is 10.4. The second kappa shape index (κ2) is 6.52. The van der Waals surface area contributed by atoms with E-state index in [9.17, 15) is 4.79 Å². The van der Waals surface area contributed by atoms with Crippen LogP contribution in [0.5, 0.6) is 0 Å². The third kappa shape index (κ3) is 3.55. The molecular weight excluding hydrogens is 230 g/mol. The molecule has 1 heterocycles. The normalized spacial score (nSPS) is 19.9. The van der Waals surface area contributed by atoms with Crippen molar-refractivity contribution >= 4 is 5.97 Å². The van der Waals surface area contributed by atoms with Crippen LogP contribution in [0.2, 0.25) is 0 Å². The quantitative estimate of drug-likeness (QED) is 0.796. The van der Waals surface area contributed by atoms with E-state index in [0.29, 0.717) is 6.61 Å². The van der Waals surface area contributed by atoms with Crippen molar-refractivity contribution in [3.05, 3.63) is 35.9 Å². The molecule has 2 rings (SSSR count). The lowest BCUT2D eigenvalue weighted by molar-refractivity contribution is -0.146. The van der Waals surface area contributed by atoms with Crippen LogP contribution in [0.25, 0.3) is 0 Å². The van der Waals surface area contributed by atoms with Gasteiger partial charge in [-0.15, -0.1) is 0 Å². The van der Waals surface area contributed by atoms with Crippen LogP contribution < -0.4 is 0 Å². The summed E-state index contributed by atoms with van der Waals surface area (Å²) >= 11 is 0. The average Bonchev–Trinajstić information content (AvgIpc) is 2.85. The lowest BCUT2D eigenvalue weighted by Gasteiger charge is -2.21. The molecule has 98 valence electrons. The molecule has 0 radical (unpaired) electrons. The molecule has 1 aromatic rings. The van der Waals surface area contributed by atoms with Gasteiger partial charge in [-0.1, -0.05) is 30.3 Å². The molecule has 1 aliphatic heterocycles. The number of aliphatic hydroxyl groups excluding tert-OH is 1. The zero-order chi connectivity index (χ0) is 12.8. The van der Waals surface area contributed by atoms with Crippen LogP contribution in [0, 0.1) is 0 Å². The van der Waals surface area contributed by atoms with Crippen LogP contribution in [0.1, 0.15) is 18.4 Å². The van der Waals surface area contributed by atoms with Gasteiger partial charge in [0, 0.05) is 6.04 Å². The zero-order valence-corrected chi connectivity index (χ0v) is 10.4. The molecule has 4 nitrogen and oxygen atoms in total. The van der Waals surface area contributed by atoms with E-state index in [-0.39, 0.29) is 25.2 Å². The van der Waals surface area contributed by atoms with Gasteiger partial charge in [0.15, 0.2) is 0 Å². The molecule has 0 amide bonds. The second-order valence-corrected chi connectivity index (χ2v) is 4.60. The monoisotopic (exact) mass is 249 g/mol. The molecule has 4 heteroatoms. The molecule has 0 aromatic heterocycles. The molecule has 1 fully saturated rings. The minimum Gasteiger partial charge on any atom is -0.460 e. The fourth-order valence-corrected chi connectivity index (χ4v) is 2.26. The van der Waals surface area contributed by atoms with E-state index in [0.717, 1.165) is 24.9 Å². The highest BCUT2D eigenvalue weighted by Gasteiger charge is 2.25. The molecule has 0 bridgehead atoms. The summed E-state index contributed by atoms with van der Waals surface area (Å²) in [5, 5.41) is 9.16. The van der Waals surface area contributed by atoms with Crippen LogP contribution in [0.15, 0.2) is 30.3 Å². The van der Waals surface area contributed by atoms with Gasteiger partial charge in [-0.3, -0.25) is 9.69 Å². The number of rotatable bonds is 5. The lowest BCUT2D eigenvalue weighted by Crippen LogP contribution is -2.37. The number of hydrogen-bond donors (Lipinski definition) is 1. The Morgan fingerprint density at radius 2 is 2.17 bits per heavy atom. The van der Waals surface area contributed by atoms with E-state index < -0.39 is 0 Å². The molecule has 0 saturated carbocycles. The average molecular weight is 249 g/mol. The largest absolute Gasteiger partial charge is 0.460 e. The second-order valence-electron chi connectivity index (χ2n) is 4.60. The van der Waals surface area contributed by atoms with E-state index in [1.165, 1.54) is 0 Å². The van der Waals surface area contributed by atoms with Gasteiger partial charge in [0.2, 0.25) is 0 Å². The summed E-state index contributed by atoms with van der Waals surface area (Å²) < 4.78 is 5.22. The fraction of sp³-hybridized carbons (Fsp3) is 0.500. The summed E-state index contributed by atoms with van der Waals surface area (Å²) in [6, 6.07) is 9.76. The maximum Gasteiger partial charge on any atom is 0.320 e. The fourth-order valence-electron chi connectivity index (χ4n) is 2.26. The number of nitrogens with zero attached hydrogens (tertiary/aromatic N) is 1. The molecule has 1 saturated heterocycles. The Bertz CT molecular complexity index is 380. The van der Waals surface area contributed by atoms with Gasteiger partial charge in [0.25, 0.3) is 0 Å². The van der Waals surface area contributed by atoms with Crippen molar-refractivity contribution in [3.8, 4) is 0 Å². The Kier molecular flexibility index (Phi) is 4.73. The molecule has 1 aromatic carbocycles. The van der Waals surface area contributed by atoms with Gasteiger partial charge >= 0.3 is 5.97 Å². The third-order valence-electron chi connectivity index (χ3n) is 3.28. The van der Waals surface area contributed by atoms with E-state index in [1.807, 2.05) is 35.2 Å². The van der Waals surface area contributed by atoms with Gasteiger partial charge < -0.3 is 9.84 Å². The summed E-state index contributed by atoms with van der Waals surface area (Å²) in [5.41, 5.74) is 0.992. The Hall–Kier alpha value is -1.39. The Morgan fingerprint density at radius 3 is 2.89 bits per heavy atom. The van der Waals surface area contributed by atoms with Gasteiger partial charge in [-0.25, -0.2) is 0 Å². The molecule has 0 spiro atoms. The van der Waals surface area contributed by atoms with Crippen LogP contribution >= 0.6 is 0 Å². The maximum atomic E-state index is 11.7. The number of carbonyl (C=O) groups is 1. The van der Waals surface area contributed by atoms with Crippen LogP contribution in [-0.2, 0) is 16.1 Å². The summed E-state index contributed by atoms with van der Waals surface area (Å²) in [7, 11) is 0. The first kappa shape index (κ1) is 13.1. The van der Waals surface area contributed by atoms with Crippen molar-refractivity contribution < 1.29 is 14.6 Å². The molecule has 1 unspecified atom stereocenters. The summed E-state index contributed by atoms with van der Waals surface area (Å²) in [4.78, 5) is 13.7. The molecule has 1 atom stereocenters. The van der Waals surface area contributed by atoms with Crippen LogP contribution in [0.3, 0.4) is 0 Å². The number of benzene rings is 1. The van der Waals surface area contributed by atoms with Crippen molar-refractivity contribution in [2.75, 3.05) is 19.7 Å². The first-order chi connectivity index (χ1) is 8.79. The van der Waals surface area contributed by atoms with Crippen LogP contribution in [-0.4, -0.2) is 41.7 Å². The Morgan fingerprint density at radius 1 is 1.39 bits per heavy atom. The molecule has 1 aliphatic rings. The first-order valence-corrected chi connectivity index (χ1v) is 6.34. The van der Waals surface area contributed by atoms with E-state index >= 15 is 0 Å².